The first-order chi connectivity index (χ1) is 16.2. The van der Waals surface area contributed by atoms with E-state index in [1.54, 1.807) is 41.7 Å². The summed E-state index contributed by atoms with van der Waals surface area (Å²) in [5.74, 6) is 0.309. The van der Waals surface area contributed by atoms with Crippen LogP contribution in [0, 0.1) is 12.8 Å². The van der Waals surface area contributed by atoms with Gasteiger partial charge in [0, 0.05) is 49.2 Å². The van der Waals surface area contributed by atoms with Crippen molar-refractivity contribution in [3.63, 3.8) is 0 Å². The van der Waals surface area contributed by atoms with Crippen LogP contribution in [0.4, 0.5) is 0 Å². The number of hydrogen-bond donors (Lipinski definition) is 0. The third kappa shape index (κ3) is 5.90. The van der Waals surface area contributed by atoms with E-state index in [4.69, 9.17) is 11.6 Å². The summed E-state index contributed by atoms with van der Waals surface area (Å²) >= 11 is 7.71. The zero-order valence-corrected chi connectivity index (χ0v) is 21.9. The molecule has 0 unspecified atom stereocenters. The number of aryl methyl sites for hydroxylation is 2. The van der Waals surface area contributed by atoms with Crippen molar-refractivity contribution in [3.8, 4) is 0 Å². The Morgan fingerprint density at radius 3 is 2.59 bits per heavy atom. The van der Waals surface area contributed by atoms with E-state index in [0.29, 0.717) is 24.0 Å². The maximum atomic E-state index is 12.9. The monoisotopic (exact) mass is 519 g/mol. The molecule has 1 amide bonds. The molecule has 1 fully saturated rings. The van der Waals surface area contributed by atoms with Gasteiger partial charge in [0.2, 0.25) is 5.91 Å². The molecule has 0 N–H and O–H groups in total. The van der Waals surface area contributed by atoms with E-state index in [9.17, 15) is 13.2 Å². The van der Waals surface area contributed by atoms with Gasteiger partial charge in [-0.2, -0.15) is 0 Å². The molecule has 9 heteroatoms. The second kappa shape index (κ2) is 10.6. The lowest BCUT2D eigenvalue weighted by atomic mass is 9.93. The summed E-state index contributed by atoms with van der Waals surface area (Å²) in [5.41, 5.74) is 0. The van der Waals surface area contributed by atoms with Crippen LogP contribution in [-0.2, 0) is 21.2 Å². The average molecular weight is 520 g/mol. The molecule has 0 bridgehead atoms. The summed E-state index contributed by atoms with van der Waals surface area (Å²) in [7, 11) is -1.72. The Hall–Kier alpha value is -2.16. The number of sulfone groups is 1. The number of aromatic nitrogens is 1. The van der Waals surface area contributed by atoms with E-state index >= 15 is 0 Å². The Morgan fingerprint density at radius 2 is 1.85 bits per heavy atom. The van der Waals surface area contributed by atoms with Crippen LogP contribution in [0.1, 0.15) is 30.6 Å². The summed E-state index contributed by atoms with van der Waals surface area (Å²) in [6.45, 7) is 4.42. The number of likely N-dealkylation sites (tertiary alicyclic amines) is 1. The summed E-state index contributed by atoms with van der Waals surface area (Å²) in [5, 5.41) is 2.31. The number of nitrogens with zero attached hydrogens (tertiary/aromatic N) is 3. The number of carbonyl (C=O) groups is 1. The van der Waals surface area contributed by atoms with Crippen LogP contribution in [0.5, 0.6) is 0 Å². The van der Waals surface area contributed by atoms with Gasteiger partial charge in [0.1, 0.15) is 0 Å². The highest BCUT2D eigenvalue weighted by molar-refractivity contribution is 7.91. The highest BCUT2D eigenvalue weighted by Gasteiger charge is 2.25. The molecule has 182 valence electrons. The molecule has 6 nitrogen and oxygen atoms in total. The zero-order chi connectivity index (χ0) is 24.3. The van der Waals surface area contributed by atoms with E-state index in [2.05, 4.69) is 22.7 Å². The van der Waals surface area contributed by atoms with Crippen LogP contribution in [0.15, 0.2) is 52.5 Å². The van der Waals surface area contributed by atoms with E-state index in [1.807, 2.05) is 18.0 Å². The van der Waals surface area contributed by atoms with Crippen molar-refractivity contribution in [2.24, 2.45) is 10.9 Å². The van der Waals surface area contributed by atoms with Crippen LogP contribution in [0.25, 0.3) is 10.8 Å². The first-order valence-electron chi connectivity index (χ1n) is 11.5. The van der Waals surface area contributed by atoms with E-state index < -0.39 is 9.84 Å². The summed E-state index contributed by atoms with van der Waals surface area (Å²) in [6.07, 6.45) is 5.13. The van der Waals surface area contributed by atoms with Gasteiger partial charge in [-0.15, -0.1) is 11.3 Å². The van der Waals surface area contributed by atoms with Gasteiger partial charge in [-0.05, 0) is 67.1 Å². The Kier molecular flexibility index (Phi) is 7.80. The Morgan fingerprint density at radius 1 is 1.15 bits per heavy atom. The number of halogens is 1. The molecule has 1 aliphatic rings. The highest BCUT2D eigenvalue weighted by atomic mass is 35.5. The predicted octanol–water partition coefficient (Wildman–Crippen LogP) is 4.69. The highest BCUT2D eigenvalue weighted by Crippen LogP contribution is 2.25. The van der Waals surface area contributed by atoms with Gasteiger partial charge in [0.05, 0.1) is 10.6 Å². The summed E-state index contributed by atoms with van der Waals surface area (Å²) in [6, 6.07) is 10.4. The lowest BCUT2D eigenvalue weighted by molar-refractivity contribution is -0.132. The minimum Gasteiger partial charge on any atom is -0.343 e. The number of piperidine rings is 1. The molecule has 0 atom stereocenters. The standard InChI is InChI=1S/C25H30ClN3O3S2/c1-18-17-29(25(27-2)33-18)13-9-19-7-11-28(12-8-19)24(30)10-14-34(31,32)23-6-4-20-15-22(26)5-3-21(20)16-23/h3-6,15-17,19H,7-14H2,1-2H3/b27-25-. The number of benzene rings is 2. The quantitative estimate of drug-likeness (QED) is 0.454. The largest absolute Gasteiger partial charge is 0.343 e. The zero-order valence-electron chi connectivity index (χ0n) is 19.5. The smallest absolute Gasteiger partial charge is 0.223 e. The third-order valence-electron chi connectivity index (χ3n) is 6.49. The maximum Gasteiger partial charge on any atom is 0.223 e. The number of thiazole rings is 1. The number of fused-ring (bicyclic) bond motifs is 1. The van der Waals surface area contributed by atoms with Crippen molar-refractivity contribution >= 4 is 49.5 Å². The van der Waals surface area contributed by atoms with Crippen molar-refractivity contribution < 1.29 is 13.2 Å². The minimum atomic E-state index is -3.54. The molecule has 1 saturated heterocycles. The van der Waals surface area contributed by atoms with Crippen LogP contribution < -0.4 is 4.80 Å². The molecule has 1 aliphatic heterocycles. The first-order valence-corrected chi connectivity index (χ1v) is 14.4. The van der Waals surface area contributed by atoms with E-state index in [-0.39, 0.29) is 23.0 Å². The topological polar surface area (TPSA) is 71.7 Å². The van der Waals surface area contributed by atoms with Gasteiger partial charge >= 0.3 is 0 Å². The van der Waals surface area contributed by atoms with E-state index in [1.165, 1.54) is 4.88 Å². The molecule has 0 aliphatic carbocycles. The Labute approximate surface area is 209 Å². The molecular weight excluding hydrogens is 490 g/mol. The van der Waals surface area contributed by atoms with Crippen molar-refractivity contribution in [3.05, 3.63) is 57.3 Å². The molecule has 2 heterocycles. The van der Waals surface area contributed by atoms with E-state index in [0.717, 1.165) is 41.4 Å². The number of amides is 1. The molecule has 4 rings (SSSR count). The van der Waals surface area contributed by atoms with Gasteiger partial charge in [-0.25, -0.2) is 8.42 Å². The lowest BCUT2D eigenvalue weighted by Crippen LogP contribution is -2.39. The fourth-order valence-electron chi connectivity index (χ4n) is 4.52. The van der Waals surface area contributed by atoms with Crippen molar-refractivity contribution in [1.29, 1.82) is 0 Å². The molecule has 0 spiro atoms. The van der Waals surface area contributed by atoms with Gasteiger partial charge in [-0.1, -0.05) is 23.7 Å². The van der Waals surface area contributed by atoms with Crippen LogP contribution in [0.2, 0.25) is 5.02 Å². The molecule has 2 aromatic carbocycles. The summed E-state index contributed by atoms with van der Waals surface area (Å²) in [4.78, 5) is 21.4. The first kappa shape index (κ1) is 24.9. The molecule has 34 heavy (non-hydrogen) atoms. The van der Waals surface area contributed by atoms with Gasteiger partial charge in [0.25, 0.3) is 0 Å². The van der Waals surface area contributed by atoms with Crippen molar-refractivity contribution in [2.75, 3.05) is 25.9 Å². The molecule has 1 aromatic heterocycles. The van der Waals surface area contributed by atoms with Crippen LogP contribution >= 0.6 is 22.9 Å². The number of rotatable bonds is 7. The fourth-order valence-corrected chi connectivity index (χ4v) is 6.78. The predicted molar refractivity (Wildman–Crippen MR) is 138 cm³/mol. The van der Waals surface area contributed by atoms with Gasteiger partial charge in [-0.3, -0.25) is 9.79 Å². The molecule has 0 saturated carbocycles. The fraction of sp³-hybridized carbons (Fsp3) is 0.440. The van der Waals surface area contributed by atoms with Crippen LogP contribution in [0.3, 0.4) is 0 Å². The SMILES string of the molecule is C/N=c1\sc(C)cn1CCC1CCN(C(=O)CCS(=O)(=O)c2ccc3cc(Cl)ccc3c2)CC1. The van der Waals surface area contributed by atoms with Crippen LogP contribution in [-0.4, -0.2) is 49.7 Å². The van der Waals surface area contributed by atoms with Gasteiger partial charge < -0.3 is 9.47 Å². The second-order valence-corrected chi connectivity index (χ2v) is 12.6. The maximum absolute atomic E-state index is 12.9. The summed E-state index contributed by atoms with van der Waals surface area (Å²) < 4.78 is 27.9. The second-order valence-electron chi connectivity index (χ2n) is 8.88. The number of hydrogen-bond acceptors (Lipinski definition) is 5. The normalized spacial score (nSPS) is 15.9. The minimum absolute atomic E-state index is 0.0110. The van der Waals surface area contributed by atoms with Gasteiger partial charge in [0.15, 0.2) is 14.6 Å². The number of carbonyl (C=O) groups excluding carboxylic acids is 1. The third-order valence-corrected chi connectivity index (χ3v) is 9.47. The van der Waals surface area contributed by atoms with Crippen molar-refractivity contribution in [2.45, 2.75) is 44.0 Å². The molecule has 3 aromatic rings. The Balaban J connectivity index is 1.28. The Bertz CT molecular complexity index is 1350. The lowest BCUT2D eigenvalue weighted by Gasteiger charge is -2.32. The molecule has 0 radical (unpaired) electrons. The molecular formula is C25H30ClN3O3S2. The average Bonchev–Trinajstić information content (AvgIpc) is 3.20. The van der Waals surface area contributed by atoms with Crippen molar-refractivity contribution in [1.82, 2.24) is 9.47 Å².